The molecule has 0 unspecified atom stereocenters. The molecule has 11 aromatic carbocycles. The third-order valence-corrected chi connectivity index (χ3v) is 13.3. The molecular formula is C55H31N3S. The van der Waals surface area contributed by atoms with Gasteiger partial charge in [0.2, 0.25) is 0 Å². The highest BCUT2D eigenvalue weighted by Gasteiger charge is 2.20. The maximum Gasteiger partial charge on any atom is 0.164 e. The van der Waals surface area contributed by atoms with Crippen LogP contribution in [0.4, 0.5) is 0 Å². The number of benzene rings is 10. The van der Waals surface area contributed by atoms with Crippen LogP contribution in [0.5, 0.6) is 0 Å². The van der Waals surface area contributed by atoms with E-state index in [0.717, 1.165) is 33.2 Å². The molecule has 0 bridgehead atoms. The number of thiophene rings is 1. The zero-order valence-electron chi connectivity index (χ0n) is 31.6. The first-order valence-corrected chi connectivity index (χ1v) is 20.8. The zero-order valence-corrected chi connectivity index (χ0v) is 32.5. The molecule has 4 heteroatoms. The van der Waals surface area contributed by atoms with E-state index >= 15 is 0 Å². The smallest absolute Gasteiger partial charge is 0.164 e. The van der Waals surface area contributed by atoms with Crippen LogP contribution in [0.25, 0.3) is 130 Å². The van der Waals surface area contributed by atoms with Crippen LogP contribution in [0, 0.1) is 0 Å². The molecule has 13 rings (SSSR count). The second-order valence-corrected chi connectivity index (χ2v) is 16.6. The van der Waals surface area contributed by atoms with Crippen molar-refractivity contribution in [1.29, 1.82) is 0 Å². The molecule has 0 aliphatic heterocycles. The first kappa shape index (κ1) is 32.5. The van der Waals surface area contributed by atoms with Crippen LogP contribution in [-0.2, 0) is 0 Å². The Bertz CT molecular complexity index is 3840. The van der Waals surface area contributed by atoms with Crippen molar-refractivity contribution in [2.24, 2.45) is 0 Å². The number of aromatic nitrogens is 3. The summed E-state index contributed by atoms with van der Waals surface area (Å²) in [6.45, 7) is 0. The van der Waals surface area contributed by atoms with Gasteiger partial charge < -0.3 is 0 Å². The lowest BCUT2D eigenvalue weighted by Crippen LogP contribution is -2.01. The van der Waals surface area contributed by atoms with Crippen LogP contribution in [0.1, 0.15) is 0 Å². The van der Waals surface area contributed by atoms with Crippen molar-refractivity contribution in [3.63, 3.8) is 0 Å². The Morgan fingerprint density at radius 2 is 0.780 bits per heavy atom. The van der Waals surface area contributed by atoms with Crippen molar-refractivity contribution in [2.75, 3.05) is 0 Å². The van der Waals surface area contributed by atoms with Crippen LogP contribution in [-0.4, -0.2) is 15.0 Å². The third-order valence-electron chi connectivity index (χ3n) is 12.2. The third kappa shape index (κ3) is 4.91. The summed E-state index contributed by atoms with van der Waals surface area (Å²) in [6.07, 6.45) is 0. The molecular weight excluding hydrogens is 735 g/mol. The van der Waals surface area contributed by atoms with Crippen molar-refractivity contribution in [1.82, 2.24) is 15.0 Å². The van der Waals surface area contributed by atoms with Gasteiger partial charge in [-0.1, -0.05) is 158 Å². The van der Waals surface area contributed by atoms with Crippen molar-refractivity contribution in [3.8, 4) is 45.3 Å². The van der Waals surface area contributed by atoms with Gasteiger partial charge in [-0.2, -0.15) is 0 Å². The highest BCUT2D eigenvalue weighted by Crippen LogP contribution is 2.45. The van der Waals surface area contributed by atoms with E-state index in [9.17, 15) is 0 Å². The summed E-state index contributed by atoms with van der Waals surface area (Å²) in [6, 6.07) is 68.1. The van der Waals surface area contributed by atoms with Gasteiger partial charge in [-0.3, -0.25) is 0 Å². The summed E-state index contributed by atoms with van der Waals surface area (Å²) in [5.41, 5.74) is 5.16. The normalized spacial score (nSPS) is 12.1. The lowest BCUT2D eigenvalue weighted by molar-refractivity contribution is 1.08. The molecule has 59 heavy (non-hydrogen) atoms. The Labute approximate surface area is 342 Å². The predicted molar refractivity (Wildman–Crippen MR) is 251 cm³/mol. The number of fused-ring (bicyclic) bond motifs is 5. The fourth-order valence-corrected chi connectivity index (χ4v) is 10.7. The average Bonchev–Trinajstić information content (AvgIpc) is 3.69. The van der Waals surface area contributed by atoms with Gasteiger partial charge in [0.05, 0.1) is 0 Å². The second kappa shape index (κ2) is 12.5. The molecule has 0 spiro atoms. The molecule has 0 aliphatic rings. The van der Waals surface area contributed by atoms with Gasteiger partial charge >= 0.3 is 0 Å². The molecule has 0 N–H and O–H groups in total. The monoisotopic (exact) mass is 765 g/mol. The van der Waals surface area contributed by atoms with Gasteiger partial charge in [-0.15, -0.1) is 11.3 Å². The molecule has 0 aliphatic carbocycles. The molecule has 0 atom stereocenters. The topological polar surface area (TPSA) is 38.7 Å². The second-order valence-electron chi connectivity index (χ2n) is 15.5. The molecule has 2 heterocycles. The van der Waals surface area contributed by atoms with Gasteiger partial charge in [0.15, 0.2) is 17.5 Å². The average molecular weight is 766 g/mol. The summed E-state index contributed by atoms with van der Waals surface area (Å²) in [5.74, 6) is 1.95. The van der Waals surface area contributed by atoms with Gasteiger partial charge in [0, 0.05) is 36.9 Å². The van der Waals surface area contributed by atoms with Crippen LogP contribution in [0.3, 0.4) is 0 Å². The molecule has 0 fully saturated rings. The van der Waals surface area contributed by atoms with Crippen molar-refractivity contribution in [3.05, 3.63) is 188 Å². The zero-order chi connectivity index (χ0) is 38.6. The van der Waals surface area contributed by atoms with Gasteiger partial charge in [-0.05, 0) is 106 Å². The minimum atomic E-state index is 0.642. The minimum absolute atomic E-state index is 0.642. The quantitative estimate of drug-likeness (QED) is 0.168. The first-order chi connectivity index (χ1) is 29.2. The van der Waals surface area contributed by atoms with Crippen molar-refractivity contribution < 1.29 is 0 Å². The number of hydrogen-bond acceptors (Lipinski definition) is 4. The summed E-state index contributed by atoms with van der Waals surface area (Å²) < 4.78 is 2.46. The van der Waals surface area contributed by atoms with Crippen LogP contribution >= 0.6 is 11.3 Å². The van der Waals surface area contributed by atoms with E-state index in [1.54, 1.807) is 0 Å². The fourth-order valence-electron chi connectivity index (χ4n) is 9.60. The Morgan fingerprint density at radius 3 is 1.51 bits per heavy atom. The summed E-state index contributed by atoms with van der Waals surface area (Å²) in [7, 11) is 0. The Morgan fingerprint density at radius 1 is 0.271 bits per heavy atom. The molecule has 2 aromatic heterocycles. The standard InChI is InChI=1S/C55H31N3S/c1-2-11-32(12-3-1)36-16-6-17-38(29-36)53-56-54(58-55(57-53)44-22-10-24-47-52(44)43-18-4-5-23-46(43)59-47)39-30-37-28-27-35-14-8-20-41-40-19-7-13-33-25-26-34-15-9-21-42(50(34)48(33)40)45(31-39)51(37)49(35)41/h1-31H. The van der Waals surface area contributed by atoms with E-state index in [0.29, 0.717) is 17.5 Å². The summed E-state index contributed by atoms with van der Waals surface area (Å²) in [4.78, 5) is 16.1. The highest BCUT2D eigenvalue weighted by molar-refractivity contribution is 7.25. The van der Waals surface area contributed by atoms with Gasteiger partial charge in [-0.25, -0.2) is 15.0 Å². The molecule has 0 saturated carbocycles. The van der Waals surface area contributed by atoms with E-state index in [-0.39, 0.29) is 0 Å². The van der Waals surface area contributed by atoms with Gasteiger partial charge in [0.1, 0.15) is 0 Å². The highest BCUT2D eigenvalue weighted by atomic mass is 32.1. The summed E-state index contributed by atoms with van der Waals surface area (Å²) in [5, 5.41) is 17.3. The molecule has 0 saturated heterocycles. The van der Waals surface area contributed by atoms with E-state index < -0.39 is 0 Å². The number of rotatable bonds is 4. The largest absolute Gasteiger partial charge is 0.208 e. The van der Waals surface area contributed by atoms with Crippen LogP contribution in [0.2, 0.25) is 0 Å². The summed E-state index contributed by atoms with van der Waals surface area (Å²) >= 11 is 1.81. The van der Waals surface area contributed by atoms with Crippen LogP contribution < -0.4 is 0 Å². The number of nitrogens with zero attached hydrogens (tertiary/aromatic N) is 3. The molecule has 0 amide bonds. The van der Waals surface area contributed by atoms with E-state index in [4.69, 9.17) is 15.0 Å². The molecule has 272 valence electrons. The van der Waals surface area contributed by atoms with E-state index in [1.807, 2.05) is 11.3 Å². The Kier molecular flexibility index (Phi) is 6.89. The lowest BCUT2D eigenvalue weighted by atomic mass is 9.87. The van der Waals surface area contributed by atoms with Crippen LogP contribution in [0.15, 0.2) is 188 Å². The van der Waals surface area contributed by atoms with Crippen molar-refractivity contribution in [2.45, 2.75) is 0 Å². The van der Waals surface area contributed by atoms with Gasteiger partial charge in [0.25, 0.3) is 0 Å². The Hall–Kier alpha value is -7.53. The SMILES string of the molecule is c1ccc(-c2cccc(-c3nc(-c4cc5ccc6cccc7c8cccc9ccc%10cccc(c(c4)c5c67)c%10c98)nc(-c4cccc5sc6ccccc6c45)n3)c2)cc1. The van der Waals surface area contributed by atoms with Crippen molar-refractivity contribution >= 4 is 96.1 Å². The first-order valence-electron chi connectivity index (χ1n) is 20.0. The maximum atomic E-state index is 5.42. The predicted octanol–water partition coefficient (Wildman–Crippen LogP) is 15.3. The number of hydrogen-bond donors (Lipinski definition) is 0. The fraction of sp³-hybridized carbons (Fsp3) is 0. The Balaban J connectivity index is 1.15. The molecule has 0 radical (unpaired) electrons. The van der Waals surface area contributed by atoms with E-state index in [1.165, 1.54) is 79.4 Å². The molecule has 13 aromatic rings. The van der Waals surface area contributed by atoms with E-state index in [2.05, 4.69) is 188 Å². The maximum absolute atomic E-state index is 5.42. The lowest BCUT2D eigenvalue weighted by Gasteiger charge is -2.17. The molecule has 3 nitrogen and oxygen atoms in total. The minimum Gasteiger partial charge on any atom is -0.208 e.